The first-order valence-electron chi connectivity index (χ1n) is 5.78. The molecule has 88 valence electrons. The van der Waals surface area contributed by atoms with E-state index in [1.54, 1.807) is 0 Å². The minimum absolute atomic E-state index is 0.0578. The maximum atomic E-state index is 11.2. The van der Waals surface area contributed by atoms with Crippen LogP contribution in [0.3, 0.4) is 0 Å². The van der Waals surface area contributed by atoms with E-state index in [4.69, 9.17) is 9.47 Å². The van der Waals surface area contributed by atoms with Crippen LogP contribution in [0, 0.1) is 0 Å². The highest BCUT2D eigenvalue weighted by atomic mass is 16.7. The third-order valence-electron chi connectivity index (χ3n) is 2.62. The van der Waals surface area contributed by atoms with E-state index in [0.717, 1.165) is 19.3 Å². The second-order valence-electron chi connectivity index (χ2n) is 3.77. The normalized spacial score (nSPS) is 19.1. The smallest absolute Gasteiger partial charge is 0.219 e. The maximum Gasteiger partial charge on any atom is 0.219 e. The summed E-state index contributed by atoms with van der Waals surface area (Å²) < 4.78 is 10.7. The van der Waals surface area contributed by atoms with E-state index >= 15 is 0 Å². The quantitative estimate of drug-likeness (QED) is 0.729. The Bertz CT molecular complexity index is 190. The third-order valence-corrected chi connectivity index (χ3v) is 2.62. The Morgan fingerprint density at radius 1 is 1.40 bits per heavy atom. The highest BCUT2D eigenvalue weighted by molar-refractivity contribution is 5.75. The molecule has 1 amide bonds. The van der Waals surface area contributed by atoms with Crippen LogP contribution in [0.2, 0.25) is 0 Å². The summed E-state index contributed by atoms with van der Waals surface area (Å²) in [6, 6.07) is 0.255. The van der Waals surface area contributed by atoms with Crippen molar-refractivity contribution >= 4 is 5.91 Å². The molecular formula is C11H21NO3. The van der Waals surface area contributed by atoms with Crippen LogP contribution in [0.25, 0.3) is 0 Å². The summed E-state index contributed by atoms with van der Waals surface area (Å²) in [5, 5.41) is 2.99. The van der Waals surface area contributed by atoms with Gasteiger partial charge in [-0.25, -0.2) is 0 Å². The number of hydrogen-bond acceptors (Lipinski definition) is 3. The van der Waals surface area contributed by atoms with Crippen molar-refractivity contribution < 1.29 is 14.3 Å². The molecule has 1 rings (SSSR count). The lowest BCUT2D eigenvalue weighted by atomic mass is 10.1. The van der Waals surface area contributed by atoms with E-state index in [9.17, 15) is 4.79 Å². The number of hydrogen-bond donors (Lipinski definition) is 1. The van der Waals surface area contributed by atoms with Gasteiger partial charge in [0.25, 0.3) is 0 Å². The summed E-state index contributed by atoms with van der Waals surface area (Å²) in [5.41, 5.74) is 0. The fourth-order valence-corrected chi connectivity index (χ4v) is 1.62. The molecule has 0 aromatic carbocycles. The van der Waals surface area contributed by atoms with Gasteiger partial charge in [0.2, 0.25) is 5.91 Å². The van der Waals surface area contributed by atoms with Crippen LogP contribution in [0.5, 0.6) is 0 Å². The van der Waals surface area contributed by atoms with Gasteiger partial charge in [-0.2, -0.15) is 0 Å². The molecule has 0 radical (unpaired) electrons. The Morgan fingerprint density at radius 2 is 2.07 bits per heavy atom. The molecule has 0 spiro atoms. The number of nitrogens with one attached hydrogen (secondary N) is 1. The van der Waals surface area contributed by atoms with E-state index in [1.165, 1.54) is 0 Å². The average molecular weight is 215 g/mol. The van der Waals surface area contributed by atoms with E-state index in [2.05, 4.69) is 12.2 Å². The Labute approximate surface area is 91.3 Å². The molecular weight excluding hydrogens is 194 g/mol. The van der Waals surface area contributed by atoms with Crippen LogP contribution >= 0.6 is 0 Å². The second kappa shape index (κ2) is 6.80. The summed E-state index contributed by atoms with van der Waals surface area (Å²) in [6.45, 7) is 5.34. The summed E-state index contributed by atoms with van der Waals surface area (Å²) in [4.78, 5) is 11.2. The topological polar surface area (TPSA) is 47.6 Å². The molecule has 0 aromatic rings. The highest BCUT2D eigenvalue weighted by Gasteiger charge is 2.18. The predicted octanol–water partition coefficient (Wildman–Crippen LogP) is 1.44. The second-order valence-corrected chi connectivity index (χ2v) is 3.77. The fraction of sp³-hybridized carbons (Fsp3) is 0.909. The number of carbonyl (C=O) groups excluding carboxylic acids is 1. The van der Waals surface area contributed by atoms with Crippen LogP contribution in [0.4, 0.5) is 0 Å². The Hall–Kier alpha value is -0.610. The van der Waals surface area contributed by atoms with Crippen molar-refractivity contribution in [2.75, 3.05) is 13.2 Å². The van der Waals surface area contributed by atoms with Gasteiger partial charge in [-0.05, 0) is 12.8 Å². The zero-order valence-corrected chi connectivity index (χ0v) is 9.62. The number of amides is 1. The third kappa shape index (κ3) is 4.62. The molecule has 1 aliphatic heterocycles. The molecule has 1 fully saturated rings. The maximum absolute atomic E-state index is 11.2. The van der Waals surface area contributed by atoms with Crippen molar-refractivity contribution in [2.45, 2.75) is 51.9 Å². The molecule has 1 N–H and O–H groups in total. The van der Waals surface area contributed by atoms with Gasteiger partial charge in [-0.15, -0.1) is 0 Å². The van der Waals surface area contributed by atoms with E-state index in [1.807, 2.05) is 6.92 Å². The van der Waals surface area contributed by atoms with Gasteiger partial charge < -0.3 is 14.8 Å². The Balaban J connectivity index is 2.17. The van der Waals surface area contributed by atoms with Gasteiger partial charge in [-0.3, -0.25) is 4.79 Å². The lowest BCUT2D eigenvalue weighted by Gasteiger charge is -2.18. The van der Waals surface area contributed by atoms with Crippen LogP contribution in [0.15, 0.2) is 0 Å². The average Bonchev–Trinajstić information content (AvgIpc) is 2.76. The summed E-state index contributed by atoms with van der Waals surface area (Å²) in [6.07, 6.45) is 3.23. The predicted molar refractivity (Wildman–Crippen MR) is 57.4 cm³/mol. The lowest BCUT2D eigenvalue weighted by molar-refractivity contribution is -0.121. The molecule has 4 heteroatoms. The molecule has 0 aromatic heterocycles. The lowest BCUT2D eigenvalue weighted by Crippen LogP contribution is -2.34. The summed E-state index contributed by atoms with van der Waals surface area (Å²) in [7, 11) is 0. The highest BCUT2D eigenvalue weighted by Crippen LogP contribution is 2.13. The summed E-state index contributed by atoms with van der Waals surface area (Å²) >= 11 is 0. The molecule has 0 saturated carbocycles. The molecule has 1 saturated heterocycles. The molecule has 4 nitrogen and oxygen atoms in total. The van der Waals surface area contributed by atoms with Gasteiger partial charge >= 0.3 is 0 Å². The SMILES string of the molecule is CCC(=O)NC(CC)CCC1OCCO1. The first-order chi connectivity index (χ1) is 7.26. The summed E-state index contributed by atoms with van der Waals surface area (Å²) in [5.74, 6) is 0.120. The number of rotatable bonds is 6. The van der Waals surface area contributed by atoms with Crippen LogP contribution in [-0.2, 0) is 14.3 Å². The first kappa shape index (κ1) is 12.5. The van der Waals surface area contributed by atoms with E-state index < -0.39 is 0 Å². The molecule has 1 aliphatic rings. The minimum Gasteiger partial charge on any atom is -0.353 e. The largest absolute Gasteiger partial charge is 0.353 e. The van der Waals surface area contributed by atoms with Gasteiger partial charge in [0.05, 0.1) is 13.2 Å². The van der Waals surface area contributed by atoms with Crippen molar-refractivity contribution in [1.82, 2.24) is 5.32 Å². The zero-order chi connectivity index (χ0) is 11.1. The first-order valence-corrected chi connectivity index (χ1v) is 5.78. The van der Waals surface area contributed by atoms with Crippen LogP contribution < -0.4 is 5.32 Å². The zero-order valence-electron chi connectivity index (χ0n) is 9.62. The molecule has 1 unspecified atom stereocenters. The van der Waals surface area contributed by atoms with Gasteiger partial charge in [0.15, 0.2) is 6.29 Å². The van der Waals surface area contributed by atoms with Crippen LogP contribution in [0.1, 0.15) is 39.5 Å². The van der Waals surface area contributed by atoms with Crippen molar-refractivity contribution in [3.8, 4) is 0 Å². The number of carbonyl (C=O) groups is 1. The molecule has 1 atom stereocenters. The molecule has 0 aliphatic carbocycles. The monoisotopic (exact) mass is 215 g/mol. The van der Waals surface area contributed by atoms with Crippen LogP contribution in [-0.4, -0.2) is 31.5 Å². The Kier molecular flexibility index (Phi) is 5.65. The van der Waals surface area contributed by atoms with Gasteiger partial charge in [0, 0.05) is 18.9 Å². The standard InChI is InChI=1S/C11H21NO3/c1-3-9(12-10(13)4-2)5-6-11-14-7-8-15-11/h9,11H,3-8H2,1-2H3,(H,12,13). The molecule has 0 bridgehead atoms. The Morgan fingerprint density at radius 3 is 2.60 bits per heavy atom. The van der Waals surface area contributed by atoms with Crippen molar-refractivity contribution in [1.29, 1.82) is 0 Å². The molecule has 1 heterocycles. The molecule has 15 heavy (non-hydrogen) atoms. The minimum atomic E-state index is -0.0578. The van der Waals surface area contributed by atoms with E-state index in [0.29, 0.717) is 19.6 Å². The van der Waals surface area contributed by atoms with Gasteiger partial charge in [-0.1, -0.05) is 13.8 Å². The van der Waals surface area contributed by atoms with Crippen molar-refractivity contribution in [3.05, 3.63) is 0 Å². The fourth-order valence-electron chi connectivity index (χ4n) is 1.62. The number of ether oxygens (including phenoxy) is 2. The van der Waals surface area contributed by atoms with E-state index in [-0.39, 0.29) is 18.2 Å². The van der Waals surface area contributed by atoms with Crippen molar-refractivity contribution in [2.24, 2.45) is 0 Å². The van der Waals surface area contributed by atoms with Crippen molar-refractivity contribution in [3.63, 3.8) is 0 Å². The van der Waals surface area contributed by atoms with Gasteiger partial charge in [0.1, 0.15) is 0 Å².